The lowest BCUT2D eigenvalue weighted by atomic mass is 10.2. The molecule has 0 aliphatic heterocycles. The Hall–Kier alpha value is -1.42. The van der Waals surface area contributed by atoms with Crippen molar-refractivity contribution in [3.8, 4) is 0 Å². The van der Waals surface area contributed by atoms with E-state index >= 15 is 0 Å². The Balaban J connectivity index is 2.54. The lowest BCUT2D eigenvalue weighted by Gasteiger charge is -2.10. The van der Waals surface area contributed by atoms with E-state index in [2.05, 4.69) is 10.1 Å². The molecule has 4 nitrogen and oxygen atoms in total. The number of anilines is 2. The second kappa shape index (κ2) is 5.46. The number of rotatable bonds is 4. The van der Waals surface area contributed by atoms with E-state index in [1.54, 1.807) is 18.2 Å². The van der Waals surface area contributed by atoms with Crippen molar-refractivity contribution >= 4 is 28.9 Å². The molecule has 0 heterocycles. The van der Waals surface area contributed by atoms with Crippen LogP contribution in [0.15, 0.2) is 18.2 Å². The van der Waals surface area contributed by atoms with Crippen molar-refractivity contribution < 1.29 is 9.53 Å². The van der Waals surface area contributed by atoms with Gasteiger partial charge in [0.2, 0.25) is 0 Å². The number of carbonyl (C=O) groups is 1. The first-order valence-electron chi connectivity index (χ1n) is 4.50. The quantitative estimate of drug-likeness (QED) is 0.610. The Morgan fingerprint density at radius 2 is 2.33 bits per heavy atom. The van der Waals surface area contributed by atoms with Crippen LogP contribution in [0.4, 0.5) is 11.4 Å². The van der Waals surface area contributed by atoms with Crippen LogP contribution in [0.1, 0.15) is 6.42 Å². The molecule has 82 valence electrons. The number of hydrogen-bond donors (Lipinski definition) is 2. The highest BCUT2D eigenvalue weighted by Crippen LogP contribution is 2.27. The first-order valence-corrected chi connectivity index (χ1v) is 4.87. The molecular weight excluding hydrogens is 216 g/mol. The number of hydrogen-bond acceptors (Lipinski definition) is 4. The maximum Gasteiger partial charge on any atom is 0.307 e. The number of nitrogens with two attached hydrogens (primary N) is 1. The van der Waals surface area contributed by atoms with Crippen molar-refractivity contribution in [2.75, 3.05) is 24.7 Å². The van der Waals surface area contributed by atoms with Crippen molar-refractivity contribution in [1.29, 1.82) is 0 Å². The molecule has 0 saturated carbocycles. The number of esters is 1. The minimum Gasteiger partial charge on any atom is -0.469 e. The van der Waals surface area contributed by atoms with Gasteiger partial charge in [-0.05, 0) is 12.1 Å². The second-order valence-electron chi connectivity index (χ2n) is 2.96. The molecule has 3 N–H and O–H groups in total. The van der Waals surface area contributed by atoms with Gasteiger partial charge in [0.1, 0.15) is 0 Å². The monoisotopic (exact) mass is 228 g/mol. The number of benzene rings is 1. The Bertz CT molecular complexity index is 335. The number of nitrogen functional groups attached to an aromatic ring is 1. The maximum absolute atomic E-state index is 10.8. The molecule has 0 aliphatic rings. The number of carbonyl (C=O) groups excluding carboxylic acids is 1. The predicted octanol–water partition coefficient (Wildman–Crippen LogP) is 1.90. The van der Waals surface area contributed by atoms with Crippen LogP contribution >= 0.6 is 11.6 Å². The summed E-state index contributed by atoms with van der Waals surface area (Å²) in [6.45, 7) is 0.445. The van der Waals surface area contributed by atoms with E-state index in [1.807, 2.05) is 0 Å². The molecule has 1 aromatic carbocycles. The molecule has 5 heteroatoms. The van der Waals surface area contributed by atoms with E-state index < -0.39 is 0 Å². The summed E-state index contributed by atoms with van der Waals surface area (Å²) in [5.74, 6) is -0.270. The number of methoxy groups -OCH3 is 1. The highest BCUT2D eigenvalue weighted by Gasteiger charge is 2.04. The Morgan fingerprint density at radius 3 is 2.93 bits per heavy atom. The summed E-state index contributed by atoms with van der Waals surface area (Å²) in [7, 11) is 1.35. The van der Waals surface area contributed by atoms with E-state index in [9.17, 15) is 4.79 Å². The smallest absolute Gasteiger partial charge is 0.307 e. The predicted molar refractivity (Wildman–Crippen MR) is 61.0 cm³/mol. The summed E-state index contributed by atoms with van der Waals surface area (Å²) < 4.78 is 4.51. The average Bonchev–Trinajstić information content (AvgIpc) is 2.22. The summed E-state index contributed by atoms with van der Waals surface area (Å²) in [5.41, 5.74) is 6.93. The van der Waals surface area contributed by atoms with Crippen LogP contribution in [-0.2, 0) is 9.53 Å². The zero-order valence-electron chi connectivity index (χ0n) is 8.42. The molecular formula is C10H13ClN2O2. The van der Waals surface area contributed by atoms with Crippen molar-refractivity contribution in [3.63, 3.8) is 0 Å². The third-order valence-electron chi connectivity index (χ3n) is 1.90. The number of halogens is 1. The lowest BCUT2D eigenvalue weighted by molar-refractivity contribution is -0.140. The van der Waals surface area contributed by atoms with Crippen LogP contribution < -0.4 is 11.1 Å². The maximum atomic E-state index is 10.8. The van der Waals surface area contributed by atoms with Gasteiger partial charge in [0.05, 0.1) is 29.9 Å². The van der Waals surface area contributed by atoms with Crippen LogP contribution in [0, 0.1) is 0 Å². The van der Waals surface area contributed by atoms with Gasteiger partial charge >= 0.3 is 5.97 Å². The Labute approximate surface area is 93.4 Å². The summed E-state index contributed by atoms with van der Waals surface area (Å²) in [4.78, 5) is 10.8. The van der Waals surface area contributed by atoms with Gasteiger partial charge < -0.3 is 15.8 Å². The van der Waals surface area contributed by atoms with Crippen molar-refractivity contribution in [2.24, 2.45) is 0 Å². The summed E-state index contributed by atoms with van der Waals surface area (Å²) >= 11 is 5.92. The molecule has 0 atom stereocenters. The lowest BCUT2D eigenvalue weighted by Crippen LogP contribution is -2.10. The molecule has 1 rings (SSSR count). The zero-order valence-corrected chi connectivity index (χ0v) is 9.17. The molecule has 0 spiro atoms. The van der Waals surface area contributed by atoms with Gasteiger partial charge in [0.15, 0.2) is 0 Å². The molecule has 0 amide bonds. The van der Waals surface area contributed by atoms with Crippen LogP contribution in [-0.4, -0.2) is 19.6 Å². The molecule has 0 saturated heterocycles. The summed E-state index contributed by atoms with van der Waals surface area (Å²) in [5, 5.41) is 3.53. The number of ether oxygens (including phenoxy) is 1. The number of para-hydroxylation sites is 1. The molecule has 1 aromatic rings. The third kappa shape index (κ3) is 3.32. The van der Waals surface area contributed by atoms with Gasteiger partial charge in [0.25, 0.3) is 0 Å². The van der Waals surface area contributed by atoms with Crippen molar-refractivity contribution in [1.82, 2.24) is 0 Å². The minimum atomic E-state index is -0.270. The fourth-order valence-corrected chi connectivity index (χ4v) is 1.37. The van der Waals surface area contributed by atoms with E-state index in [0.29, 0.717) is 22.9 Å². The van der Waals surface area contributed by atoms with Gasteiger partial charge in [-0.15, -0.1) is 0 Å². The van der Waals surface area contributed by atoms with Gasteiger partial charge in [-0.1, -0.05) is 17.7 Å². The first-order chi connectivity index (χ1) is 7.15. The standard InChI is InChI=1S/C10H13ClN2O2/c1-15-9(14)5-6-13-10-7(11)3-2-4-8(10)12/h2-4,13H,5-6,12H2,1H3. The zero-order chi connectivity index (χ0) is 11.3. The SMILES string of the molecule is COC(=O)CCNc1c(N)cccc1Cl. The topological polar surface area (TPSA) is 64.3 Å². The van der Waals surface area contributed by atoms with Crippen LogP contribution in [0.2, 0.25) is 5.02 Å². The second-order valence-corrected chi connectivity index (χ2v) is 3.36. The summed E-state index contributed by atoms with van der Waals surface area (Å²) in [6.07, 6.45) is 0.279. The van der Waals surface area contributed by atoms with Crippen LogP contribution in [0.25, 0.3) is 0 Å². The molecule has 0 fully saturated rings. The molecule has 0 aliphatic carbocycles. The Morgan fingerprint density at radius 1 is 1.60 bits per heavy atom. The van der Waals surface area contributed by atoms with E-state index in [-0.39, 0.29) is 12.4 Å². The molecule has 0 radical (unpaired) electrons. The van der Waals surface area contributed by atoms with Gasteiger partial charge in [0, 0.05) is 6.54 Å². The van der Waals surface area contributed by atoms with E-state index in [1.165, 1.54) is 7.11 Å². The Kier molecular flexibility index (Phi) is 4.24. The molecule has 15 heavy (non-hydrogen) atoms. The van der Waals surface area contributed by atoms with Gasteiger partial charge in [-0.2, -0.15) is 0 Å². The fraction of sp³-hybridized carbons (Fsp3) is 0.300. The van der Waals surface area contributed by atoms with E-state index in [0.717, 1.165) is 0 Å². The van der Waals surface area contributed by atoms with Crippen LogP contribution in [0.3, 0.4) is 0 Å². The van der Waals surface area contributed by atoms with Gasteiger partial charge in [-0.25, -0.2) is 0 Å². The third-order valence-corrected chi connectivity index (χ3v) is 2.22. The highest BCUT2D eigenvalue weighted by molar-refractivity contribution is 6.33. The highest BCUT2D eigenvalue weighted by atomic mass is 35.5. The van der Waals surface area contributed by atoms with Gasteiger partial charge in [-0.3, -0.25) is 4.79 Å². The molecule has 0 unspecified atom stereocenters. The van der Waals surface area contributed by atoms with E-state index in [4.69, 9.17) is 17.3 Å². The van der Waals surface area contributed by atoms with Crippen molar-refractivity contribution in [2.45, 2.75) is 6.42 Å². The normalized spacial score (nSPS) is 9.73. The molecule has 0 bridgehead atoms. The molecule has 0 aromatic heterocycles. The fourth-order valence-electron chi connectivity index (χ4n) is 1.12. The summed E-state index contributed by atoms with van der Waals surface area (Å²) in [6, 6.07) is 5.24. The number of nitrogens with one attached hydrogen (secondary N) is 1. The average molecular weight is 229 g/mol. The minimum absolute atomic E-state index is 0.270. The van der Waals surface area contributed by atoms with Crippen LogP contribution in [0.5, 0.6) is 0 Å². The first kappa shape index (κ1) is 11.7. The largest absolute Gasteiger partial charge is 0.469 e. The van der Waals surface area contributed by atoms with Crippen molar-refractivity contribution in [3.05, 3.63) is 23.2 Å².